The van der Waals surface area contributed by atoms with Gasteiger partial charge in [-0.3, -0.25) is 9.69 Å². The van der Waals surface area contributed by atoms with Crippen LogP contribution < -0.4 is 4.90 Å². The Labute approximate surface area is 168 Å². The van der Waals surface area contributed by atoms with Gasteiger partial charge in [0.05, 0.1) is 6.54 Å². The number of benzene rings is 2. The largest absolute Gasteiger partial charge is 0.451 e. The van der Waals surface area contributed by atoms with E-state index in [0.717, 1.165) is 22.1 Å². The second-order valence-corrected chi connectivity index (χ2v) is 7.13. The van der Waals surface area contributed by atoms with Crippen LogP contribution in [0.3, 0.4) is 0 Å². The van der Waals surface area contributed by atoms with Gasteiger partial charge in [-0.15, -0.1) is 0 Å². The summed E-state index contributed by atoms with van der Waals surface area (Å²) in [7, 11) is 0. The van der Waals surface area contributed by atoms with Gasteiger partial charge < -0.3 is 4.42 Å². The molecule has 0 radical (unpaired) electrons. The molecule has 0 aliphatic rings. The van der Waals surface area contributed by atoms with E-state index in [1.165, 1.54) is 0 Å². The zero-order valence-electron chi connectivity index (χ0n) is 15.6. The monoisotopic (exact) mass is 390 g/mol. The molecule has 140 valence electrons. The standard InChI is InChI=1S/C23H19ClN2O2/c1-15-12-20-18(13-19(15)24)16(2)22(28-20)23(27)26(21-10-6-7-11-25-21)14-17-8-4-3-5-9-17/h3-13H,14H2,1-2H3. The number of fused-ring (bicyclic) bond motifs is 1. The van der Waals surface area contributed by atoms with E-state index in [9.17, 15) is 4.79 Å². The van der Waals surface area contributed by atoms with Crippen LogP contribution in [0.2, 0.25) is 5.02 Å². The average molecular weight is 391 g/mol. The molecule has 0 aliphatic carbocycles. The molecule has 5 heteroatoms. The summed E-state index contributed by atoms with van der Waals surface area (Å²) in [5, 5.41) is 1.50. The van der Waals surface area contributed by atoms with Crippen LogP contribution in [0.25, 0.3) is 11.0 Å². The molecule has 2 aromatic heterocycles. The van der Waals surface area contributed by atoms with E-state index >= 15 is 0 Å². The number of hydrogen-bond donors (Lipinski definition) is 0. The third kappa shape index (κ3) is 3.39. The molecule has 0 atom stereocenters. The number of carbonyl (C=O) groups is 1. The van der Waals surface area contributed by atoms with Gasteiger partial charge in [0, 0.05) is 22.2 Å². The summed E-state index contributed by atoms with van der Waals surface area (Å²) < 4.78 is 5.96. The SMILES string of the molecule is Cc1cc2oc(C(=O)N(Cc3ccccc3)c3ccccn3)c(C)c2cc1Cl. The molecule has 0 saturated heterocycles. The van der Waals surface area contributed by atoms with Crippen molar-refractivity contribution in [3.05, 3.63) is 94.3 Å². The molecule has 2 aromatic carbocycles. The Morgan fingerprint density at radius 1 is 1.07 bits per heavy atom. The van der Waals surface area contributed by atoms with E-state index in [2.05, 4.69) is 4.98 Å². The fourth-order valence-corrected chi connectivity index (χ4v) is 3.37. The van der Waals surface area contributed by atoms with Crippen LogP contribution in [-0.2, 0) is 6.54 Å². The van der Waals surface area contributed by atoms with Gasteiger partial charge in [-0.05, 0) is 49.2 Å². The van der Waals surface area contributed by atoms with E-state index in [0.29, 0.717) is 28.7 Å². The first-order valence-corrected chi connectivity index (χ1v) is 9.38. The summed E-state index contributed by atoms with van der Waals surface area (Å²) in [6.45, 7) is 4.19. The Balaban J connectivity index is 1.79. The van der Waals surface area contributed by atoms with Crippen molar-refractivity contribution in [1.29, 1.82) is 0 Å². The van der Waals surface area contributed by atoms with Crippen molar-refractivity contribution in [2.45, 2.75) is 20.4 Å². The highest BCUT2D eigenvalue weighted by Crippen LogP contribution is 2.31. The van der Waals surface area contributed by atoms with Crippen LogP contribution in [0.5, 0.6) is 0 Å². The Morgan fingerprint density at radius 2 is 1.82 bits per heavy atom. The van der Waals surface area contributed by atoms with E-state index in [1.54, 1.807) is 11.1 Å². The predicted octanol–water partition coefficient (Wildman–Crippen LogP) is 5.95. The number of amides is 1. The van der Waals surface area contributed by atoms with Gasteiger partial charge in [-0.25, -0.2) is 4.98 Å². The molecule has 4 nitrogen and oxygen atoms in total. The Hall–Kier alpha value is -3.11. The molecule has 4 aromatic rings. The van der Waals surface area contributed by atoms with E-state index in [4.69, 9.17) is 16.0 Å². The van der Waals surface area contributed by atoms with Crippen molar-refractivity contribution < 1.29 is 9.21 Å². The van der Waals surface area contributed by atoms with Gasteiger partial charge in [0.2, 0.25) is 0 Å². The number of halogens is 1. The summed E-state index contributed by atoms with van der Waals surface area (Å²) in [6, 6.07) is 19.0. The highest BCUT2D eigenvalue weighted by Gasteiger charge is 2.26. The summed E-state index contributed by atoms with van der Waals surface area (Å²) in [5.41, 5.74) is 3.35. The zero-order chi connectivity index (χ0) is 19.7. The molecule has 28 heavy (non-hydrogen) atoms. The molecular weight excluding hydrogens is 372 g/mol. The molecule has 4 rings (SSSR count). The number of rotatable bonds is 4. The van der Waals surface area contributed by atoms with Crippen molar-refractivity contribution in [1.82, 2.24) is 4.98 Å². The second-order valence-electron chi connectivity index (χ2n) is 6.72. The minimum Gasteiger partial charge on any atom is -0.451 e. The fourth-order valence-electron chi connectivity index (χ4n) is 3.20. The molecule has 0 bridgehead atoms. The number of anilines is 1. The Morgan fingerprint density at radius 3 is 2.54 bits per heavy atom. The number of furan rings is 1. The highest BCUT2D eigenvalue weighted by molar-refractivity contribution is 6.32. The lowest BCUT2D eigenvalue weighted by molar-refractivity contribution is 0.0959. The minimum absolute atomic E-state index is 0.231. The normalized spacial score (nSPS) is 11.0. The van der Waals surface area contributed by atoms with Crippen molar-refractivity contribution in [3.8, 4) is 0 Å². The maximum Gasteiger partial charge on any atom is 0.295 e. The first-order valence-electron chi connectivity index (χ1n) is 9.00. The molecule has 2 heterocycles. The average Bonchev–Trinajstić information content (AvgIpc) is 3.03. The molecule has 1 amide bonds. The summed E-state index contributed by atoms with van der Waals surface area (Å²) in [5.74, 6) is 0.647. The van der Waals surface area contributed by atoms with Crippen LogP contribution in [0, 0.1) is 13.8 Å². The van der Waals surface area contributed by atoms with Crippen molar-refractivity contribution >= 4 is 34.3 Å². The van der Waals surface area contributed by atoms with E-state index < -0.39 is 0 Å². The minimum atomic E-state index is -0.231. The molecule has 0 fully saturated rings. The molecule has 0 aliphatic heterocycles. The number of aryl methyl sites for hydroxylation is 2. The number of nitrogens with zero attached hydrogens (tertiary/aromatic N) is 2. The van der Waals surface area contributed by atoms with Crippen LogP contribution >= 0.6 is 11.6 Å². The van der Waals surface area contributed by atoms with Gasteiger partial charge >= 0.3 is 0 Å². The van der Waals surface area contributed by atoms with Gasteiger partial charge in [0.15, 0.2) is 5.76 Å². The van der Waals surface area contributed by atoms with Gasteiger partial charge in [-0.1, -0.05) is 48.0 Å². The molecular formula is C23H19ClN2O2. The summed E-state index contributed by atoms with van der Waals surface area (Å²) in [4.78, 5) is 19.5. The molecule has 0 N–H and O–H groups in total. The quantitative estimate of drug-likeness (QED) is 0.433. The first-order chi connectivity index (χ1) is 13.5. The predicted molar refractivity (Wildman–Crippen MR) is 112 cm³/mol. The lowest BCUT2D eigenvalue weighted by Crippen LogP contribution is -2.31. The third-order valence-electron chi connectivity index (χ3n) is 4.77. The molecule has 0 spiro atoms. The number of pyridine rings is 1. The fraction of sp³-hybridized carbons (Fsp3) is 0.130. The van der Waals surface area contributed by atoms with Crippen LogP contribution in [0.1, 0.15) is 27.2 Å². The summed E-state index contributed by atoms with van der Waals surface area (Å²) >= 11 is 6.27. The number of carbonyl (C=O) groups excluding carboxylic acids is 1. The smallest absolute Gasteiger partial charge is 0.295 e. The maximum atomic E-state index is 13.5. The van der Waals surface area contributed by atoms with Gasteiger partial charge in [0.25, 0.3) is 5.91 Å². The van der Waals surface area contributed by atoms with E-state index in [-0.39, 0.29) is 5.91 Å². The lowest BCUT2D eigenvalue weighted by Gasteiger charge is -2.21. The van der Waals surface area contributed by atoms with E-state index in [1.807, 2.05) is 74.5 Å². The van der Waals surface area contributed by atoms with Crippen molar-refractivity contribution in [2.75, 3.05) is 4.90 Å². The second kappa shape index (κ2) is 7.49. The maximum absolute atomic E-state index is 13.5. The van der Waals surface area contributed by atoms with Crippen LogP contribution in [0.15, 0.2) is 71.3 Å². The van der Waals surface area contributed by atoms with Crippen molar-refractivity contribution in [2.24, 2.45) is 0 Å². The number of aromatic nitrogens is 1. The van der Waals surface area contributed by atoms with Gasteiger partial charge in [-0.2, -0.15) is 0 Å². The van der Waals surface area contributed by atoms with Crippen LogP contribution in [-0.4, -0.2) is 10.9 Å². The third-order valence-corrected chi connectivity index (χ3v) is 5.17. The highest BCUT2D eigenvalue weighted by atomic mass is 35.5. The zero-order valence-corrected chi connectivity index (χ0v) is 16.4. The Kier molecular flexibility index (Phi) is 4.88. The number of hydrogen-bond acceptors (Lipinski definition) is 3. The Bertz CT molecular complexity index is 1140. The molecule has 0 saturated carbocycles. The summed E-state index contributed by atoms with van der Waals surface area (Å²) in [6.07, 6.45) is 1.68. The first kappa shape index (κ1) is 18.3. The van der Waals surface area contributed by atoms with Crippen molar-refractivity contribution in [3.63, 3.8) is 0 Å². The van der Waals surface area contributed by atoms with Gasteiger partial charge in [0.1, 0.15) is 11.4 Å². The topological polar surface area (TPSA) is 46.3 Å². The van der Waals surface area contributed by atoms with Crippen LogP contribution in [0.4, 0.5) is 5.82 Å². The lowest BCUT2D eigenvalue weighted by atomic mass is 10.1. The molecule has 0 unspecified atom stereocenters.